The Labute approximate surface area is 175 Å². The number of nitrogens with zero attached hydrogens (tertiary/aromatic N) is 1. The van der Waals surface area contributed by atoms with Crippen molar-refractivity contribution >= 4 is 35.0 Å². The van der Waals surface area contributed by atoms with Crippen molar-refractivity contribution in [2.75, 3.05) is 12.8 Å². The first kappa shape index (κ1) is 20.1. The Morgan fingerprint density at radius 2 is 1.90 bits per heavy atom. The predicted molar refractivity (Wildman–Crippen MR) is 109 cm³/mol. The first-order valence-electron chi connectivity index (χ1n) is 9.01. The van der Waals surface area contributed by atoms with Crippen molar-refractivity contribution in [2.24, 2.45) is 10.9 Å². The van der Waals surface area contributed by atoms with Crippen LogP contribution >= 0.6 is 11.8 Å². The molecule has 30 heavy (non-hydrogen) atoms. The highest BCUT2D eigenvalue weighted by Gasteiger charge is 2.33. The number of benzene rings is 2. The lowest BCUT2D eigenvalue weighted by atomic mass is 9.95. The quantitative estimate of drug-likeness (QED) is 0.574. The van der Waals surface area contributed by atoms with Crippen LogP contribution in [0.25, 0.3) is 0 Å². The molecule has 0 aliphatic carbocycles. The lowest BCUT2D eigenvalue weighted by Crippen LogP contribution is -2.39. The maximum absolute atomic E-state index is 12.9. The third-order valence-electron chi connectivity index (χ3n) is 4.86. The highest BCUT2D eigenvalue weighted by molar-refractivity contribution is 7.99. The van der Waals surface area contributed by atoms with Crippen LogP contribution in [0.3, 0.4) is 0 Å². The van der Waals surface area contributed by atoms with Gasteiger partial charge in [-0.1, -0.05) is 30.0 Å². The normalized spacial score (nSPS) is 19.7. The number of carbonyl (C=O) groups is 2. The number of rotatable bonds is 4. The summed E-state index contributed by atoms with van der Waals surface area (Å²) in [5.41, 5.74) is 7.51. The number of hydrogen-bond acceptors (Lipinski definition) is 5. The zero-order chi connectivity index (χ0) is 21.4. The molecule has 0 fully saturated rings. The van der Waals surface area contributed by atoms with Crippen molar-refractivity contribution in [2.45, 2.75) is 22.3 Å². The van der Waals surface area contributed by atoms with Gasteiger partial charge >= 0.3 is 0 Å². The zero-order valence-corrected chi connectivity index (χ0v) is 16.6. The van der Waals surface area contributed by atoms with Crippen LogP contribution in [0, 0.1) is 5.92 Å². The molecule has 2 unspecified atom stereocenters. The Hall–Kier alpha value is -3.20. The number of hydrogen-bond donors (Lipinski definition) is 2. The van der Waals surface area contributed by atoms with Crippen molar-refractivity contribution in [3.05, 3.63) is 59.7 Å². The standard InChI is InChI=1S/C21H17F2N3O3S/c1-29-11-3-5-13-17(9-11)30-16-8-10(24)2-4-12(16)18(13)26-21(28)14-6-7-15(19(22)23)25-20(14)27/h2-9,14,18-19H,24H2,1H3,(H,26,28). The van der Waals surface area contributed by atoms with Gasteiger partial charge in [0.05, 0.1) is 13.2 Å². The third-order valence-corrected chi connectivity index (χ3v) is 6.00. The predicted octanol–water partition coefficient (Wildman–Crippen LogP) is 3.37. The van der Waals surface area contributed by atoms with Crippen LogP contribution in [0.4, 0.5) is 14.5 Å². The van der Waals surface area contributed by atoms with Crippen molar-refractivity contribution in [1.29, 1.82) is 0 Å². The lowest BCUT2D eigenvalue weighted by Gasteiger charge is -2.30. The molecule has 4 rings (SSSR count). The number of ether oxygens (including phenoxy) is 1. The fourth-order valence-electron chi connectivity index (χ4n) is 3.35. The van der Waals surface area contributed by atoms with E-state index in [-0.39, 0.29) is 0 Å². The van der Waals surface area contributed by atoms with E-state index in [1.54, 1.807) is 19.2 Å². The SMILES string of the molecule is COc1ccc2c(c1)Sc1cc(N)ccc1C2NC(=O)C1C=CC(C(F)F)=NC1=O. The van der Waals surface area contributed by atoms with Crippen LogP contribution in [-0.4, -0.2) is 31.1 Å². The molecule has 2 heterocycles. The van der Waals surface area contributed by atoms with Gasteiger partial charge in [0.25, 0.3) is 12.3 Å². The number of nitrogens with one attached hydrogen (secondary N) is 1. The lowest BCUT2D eigenvalue weighted by molar-refractivity contribution is -0.131. The monoisotopic (exact) mass is 429 g/mol. The first-order chi connectivity index (χ1) is 14.4. The maximum Gasteiger partial charge on any atom is 0.280 e. The molecular formula is C21H17F2N3O3S. The highest BCUT2D eigenvalue weighted by Crippen LogP contribution is 2.46. The Kier molecular flexibility index (Phi) is 5.29. The van der Waals surface area contributed by atoms with E-state index in [0.29, 0.717) is 11.4 Å². The van der Waals surface area contributed by atoms with E-state index >= 15 is 0 Å². The van der Waals surface area contributed by atoms with Gasteiger partial charge in [-0.05, 0) is 41.5 Å². The summed E-state index contributed by atoms with van der Waals surface area (Å²) in [5, 5.41) is 2.87. The average Bonchev–Trinajstić information content (AvgIpc) is 2.72. The van der Waals surface area contributed by atoms with E-state index in [9.17, 15) is 18.4 Å². The Bertz CT molecular complexity index is 1100. The Morgan fingerprint density at radius 3 is 2.57 bits per heavy atom. The van der Waals surface area contributed by atoms with E-state index in [4.69, 9.17) is 10.5 Å². The molecule has 0 radical (unpaired) electrons. The minimum absolute atomic E-state index is 0.545. The Balaban J connectivity index is 1.67. The summed E-state index contributed by atoms with van der Waals surface area (Å²) in [6.45, 7) is 0. The van der Waals surface area contributed by atoms with Gasteiger partial charge in [0.15, 0.2) is 0 Å². The molecular weight excluding hydrogens is 412 g/mol. The van der Waals surface area contributed by atoms with Gasteiger partial charge in [0, 0.05) is 15.5 Å². The number of carbonyl (C=O) groups excluding carboxylic acids is 2. The summed E-state index contributed by atoms with van der Waals surface area (Å²) >= 11 is 1.50. The van der Waals surface area contributed by atoms with Crippen molar-refractivity contribution in [3.63, 3.8) is 0 Å². The van der Waals surface area contributed by atoms with Crippen LogP contribution < -0.4 is 15.8 Å². The van der Waals surface area contributed by atoms with E-state index in [0.717, 1.165) is 33.1 Å². The van der Waals surface area contributed by atoms with Crippen LogP contribution in [0.5, 0.6) is 5.75 Å². The minimum atomic E-state index is -2.87. The second-order valence-electron chi connectivity index (χ2n) is 6.76. The molecule has 0 bridgehead atoms. The molecule has 9 heteroatoms. The van der Waals surface area contributed by atoms with Crippen LogP contribution in [0.15, 0.2) is 63.3 Å². The van der Waals surface area contributed by atoms with Crippen molar-refractivity contribution in [3.8, 4) is 5.75 Å². The largest absolute Gasteiger partial charge is 0.497 e. The number of methoxy groups -OCH3 is 1. The topological polar surface area (TPSA) is 93.8 Å². The van der Waals surface area contributed by atoms with E-state index in [1.807, 2.05) is 24.3 Å². The smallest absolute Gasteiger partial charge is 0.280 e. The number of anilines is 1. The summed E-state index contributed by atoms with van der Waals surface area (Å²) in [4.78, 5) is 30.1. The van der Waals surface area contributed by atoms with Crippen molar-refractivity contribution < 1.29 is 23.1 Å². The number of nitrogen functional groups attached to an aromatic ring is 1. The molecule has 0 spiro atoms. The number of halogens is 2. The number of amides is 2. The molecule has 0 aromatic heterocycles. The van der Waals surface area contributed by atoms with Gasteiger partial charge in [-0.2, -0.15) is 0 Å². The van der Waals surface area contributed by atoms with Gasteiger partial charge < -0.3 is 15.8 Å². The molecule has 3 N–H and O–H groups in total. The van der Waals surface area contributed by atoms with Crippen LogP contribution in [0.2, 0.25) is 0 Å². The van der Waals surface area contributed by atoms with E-state index in [2.05, 4.69) is 10.3 Å². The van der Waals surface area contributed by atoms with Crippen molar-refractivity contribution in [1.82, 2.24) is 5.32 Å². The molecule has 6 nitrogen and oxygen atoms in total. The number of fused-ring (bicyclic) bond motifs is 2. The number of allylic oxidation sites excluding steroid dienone is 1. The number of dihydropyridines is 1. The maximum atomic E-state index is 12.9. The first-order valence-corrected chi connectivity index (χ1v) is 9.83. The summed E-state index contributed by atoms with van der Waals surface area (Å²) in [5.74, 6) is -2.13. The Morgan fingerprint density at radius 1 is 1.20 bits per heavy atom. The van der Waals surface area contributed by atoms with Crippen LogP contribution in [0.1, 0.15) is 17.2 Å². The summed E-state index contributed by atoms with van der Waals surface area (Å²) in [6.07, 6.45) is -0.702. The molecule has 2 aromatic carbocycles. The molecule has 2 aliphatic heterocycles. The average molecular weight is 429 g/mol. The van der Waals surface area contributed by atoms with E-state index in [1.165, 1.54) is 11.8 Å². The highest BCUT2D eigenvalue weighted by atomic mass is 32.2. The summed E-state index contributed by atoms with van der Waals surface area (Å²) in [6, 6.07) is 10.3. The molecule has 154 valence electrons. The number of aliphatic imine (C=N–C) groups is 1. The second-order valence-corrected chi connectivity index (χ2v) is 7.84. The third kappa shape index (κ3) is 3.68. The zero-order valence-electron chi connectivity index (χ0n) is 15.8. The van der Waals surface area contributed by atoms with Gasteiger partial charge in [-0.3, -0.25) is 9.59 Å². The molecule has 2 amide bonds. The molecule has 0 saturated heterocycles. The van der Waals surface area contributed by atoms with Gasteiger partial charge in [-0.15, -0.1) is 0 Å². The summed E-state index contributed by atoms with van der Waals surface area (Å²) < 4.78 is 30.8. The molecule has 2 atom stereocenters. The van der Waals surface area contributed by atoms with Crippen LogP contribution in [-0.2, 0) is 9.59 Å². The fraction of sp³-hybridized carbons (Fsp3) is 0.190. The number of nitrogens with two attached hydrogens (primary N) is 1. The second kappa shape index (κ2) is 7.91. The van der Waals surface area contributed by atoms with Gasteiger partial charge in [-0.25, -0.2) is 13.8 Å². The molecule has 0 saturated carbocycles. The summed E-state index contributed by atoms with van der Waals surface area (Å²) in [7, 11) is 1.57. The molecule has 2 aromatic rings. The fourth-order valence-corrected chi connectivity index (χ4v) is 4.57. The van der Waals surface area contributed by atoms with Gasteiger partial charge in [0.2, 0.25) is 5.91 Å². The minimum Gasteiger partial charge on any atom is -0.497 e. The molecule has 2 aliphatic rings. The van der Waals surface area contributed by atoms with E-state index < -0.39 is 35.9 Å². The van der Waals surface area contributed by atoms with Gasteiger partial charge in [0.1, 0.15) is 17.4 Å². The number of alkyl halides is 2.